The fourth-order valence-corrected chi connectivity index (χ4v) is 7.02. The first kappa shape index (κ1) is 24.0. The number of rotatable bonds is 8. The first-order valence-corrected chi connectivity index (χ1v) is 13.2. The highest BCUT2D eigenvalue weighted by Gasteiger charge is 2.45. The Balaban J connectivity index is 2.14. The van der Waals surface area contributed by atoms with Crippen molar-refractivity contribution < 1.29 is 23.1 Å². The van der Waals surface area contributed by atoms with Gasteiger partial charge >= 0.3 is 5.97 Å². The first-order chi connectivity index (χ1) is 14.7. The predicted octanol–water partition coefficient (Wildman–Crippen LogP) is 4.52. The van der Waals surface area contributed by atoms with Gasteiger partial charge < -0.3 is 14.7 Å². The minimum atomic E-state index is -3.55. The lowest BCUT2D eigenvalue weighted by Crippen LogP contribution is -2.44. The molecule has 1 aliphatic carbocycles. The number of sulfone groups is 1. The molecular formula is C23H30BrNO5S. The first-order valence-electron chi connectivity index (χ1n) is 10.7. The molecule has 1 N–H and O–H groups in total. The van der Waals surface area contributed by atoms with Crippen LogP contribution >= 0.6 is 15.9 Å². The van der Waals surface area contributed by atoms with Gasteiger partial charge in [0.2, 0.25) is 0 Å². The second-order valence-electron chi connectivity index (χ2n) is 8.23. The molecule has 1 aliphatic heterocycles. The van der Waals surface area contributed by atoms with E-state index in [2.05, 4.69) is 20.8 Å². The highest BCUT2D eigenvalue weighted by Crippen LogP contribution is 2.44. The Kier molecular flexibility index (Phi) is 7.65. The Morgan fingerprint density at radius 3 is 2.61 bits per heavy atom. The largest absolute Gasteiger partial charge is 0.480 e. The summed E-state index contributed by atoms with van der Waals surface area (Å²) in [5.41, 5.74) is -0.139. The molecule has 3 rings (SSSR count). The molecule has 2 aliphatic rings. The summed E-state index contributed by atoms with van der Waals surface area (Å²) in [5.74, 6) is -1.02. The number of nitrogens with zero attached hydrogens (tertiary/aromatic N) is 1. The van der Waals surface area contributed by atoms with Crippen LogP contribution in [0.4, 0.5) is 5.69 Å². The van der Waals surface area contributed by atoms with E-state index in [9.17, 15) is 18.3 Å². The molecule has 0 amide bonds. The Bertz CT molecular complexity index is 959. The summed E-state index contributed by atoms with van der Waals surface area (Å²) >= 11 is 3.63. The van der Waals surface area contributed by atoms with E-state index in [-0.39, 0.29) is 11.7 Å². The zero-order chi connectivity index (χ0) is 22.6. The molecule has 0 saturated carbocycles. The predicted molar refractivity (Wildman–Crippen MR) is 126 cm³/mol. The number of para-hydroxylation sites is 1. The van der Waals surface area contributed by atoms with Crippen LogP contribution in [0.3, 0.4) is 0 Å². The summed E-state index contributed by atoms with van der Waals surface area (Å²) in [7, 11) is -3.55. The van der Waals surface area contributed by atoms with Crippen molar-refractivity contribution in [3.63, 3.8) is 0 Å². The van der Waals surface area contributed by atoms with Gasteiger partial charge in [-0.2, -0.15) is 0 Å². The van der Waals surface area contributed by atoms with E-state index >= 15 is 0 Å². The van der Waals surface area contributed by atoms with Crippen molar-refractivity contribution in [1.29, 1.82) is 0 Å². The van der Waals surface area contributed by atoms with Crippen molar-refractivity contribution >= 4 is 37.4 Å². The highest BCUT2D eigenvalue weighted by molar-refractivity contribution is 9.11. The fraction of sp³-hybridized carbons (Fsp3) is 0.522. The van der Waals surface area contributed by atoms with Crippen LogP contribution in [0.15, 0.2) is 51.9 Å². The van der Waals surface area contributed by atoms with Gasteiger partial charge in [0.1, 0.15) is 12.2 Å². The van der Waals surface area contributed by atoms with Gasteiger partial charge in [0.25, 0.3) is 0 Å². The zero-order valence-corrected chi connectivity index (χ0v) is 20.4. The van der Waals surface area contributed by atoms with Gasteiger partial charge in [-0.25, -0.2) is 13.2 Å². The number of halogens is 1. The van der Waals surface area contributed by atoms with Gasteiger partial charge in [0.15, 0.2) is 9.84 Å². The normalized spacial score (nSPS) is 27.6. The average Bonchev–Trinajstić information content (AvgIpc) is 2.85. The van der Waals surface area contributed by atoms with Crippen LogP contribution in [0.25, 0.3) is 0 Å². The Labute approximate surface area is 193 Å². The Morgan fingerprint density at radius 1 is 1.29 bits per heavy atom. The van der Waals surface area contributed by atoms with Crippen LogP contribution in [-0.4, -0.2) is 50.0 Å². The van der Waals surface area contributed by atoms with Crippen molar-refractivity contribution in [2.75, 3.05) is 23.8 Å². The summed E-state index contributed by atoms with van der Waals surface area (Å²) in [6.45, 7) is 4.17. The average molecular weight is 512 g/mol. The standard InChI is InChI=1S/C23H30BrNO5S/c1-3-5-11-23(30-15-22(26)27)13-20-19(12-21(23)24)25(18-9-7-6-8-10-18)14-17(4-2)16-31(20,28)29/h6-10,12-13,17,19H,3-5,11,14-16H2,1-2H3,(H,26,27). The molecule has 170 valence electrons. The monoisotopic (exact) mass is 511 g/mol. The van der Waals surface area contributed by atoms with Gasteiger partial charge in [0.05, 0.1) is 16.7 Å². The third kappa shape index (κ3) is 5.23. The molecule has 3 unspecified atom stereocenters. The maximum absolute atomic E-state index is 13.5. The zero-order valence-electron chi connectivity index (χ0n) is 18.0. The minimum Gasteiger partial charge on any atom is -0.480 e. The number of carboxylic acids is 1. The molecule has 0 bridgehead atoms. The number of aliphatic carboxylic acids is 1. The summed E-state index contributed by atoms with van der Waals surface area (Å²) in [5, 5.41) is 9.20. The van der Waals surface area contributed by atoms with E-state index in [0.29, 0.717) is 22.4 Å². The van der Waals surface area contributed by atoms with Gasteiger partial charge in [0, 0.05) is 16.7 Å². The van der Waals surface area contributed by atoms with Gasteiger partial charge in [-0.15, -0.1) is 0 Å². The summed E-state index contributed by atoms with van der Waals surface area (Å²) < 4.78 is 33.5. The SMILES string of the molecule is CCCCC1(OCC(=O)O)C=C2C(C=C1Br)N(c1ccccc1)CC(CC)CS2(=O)=O. The van der Waals surface area contributed by atoms with Gasteiger partial charge in [-0.05, 0) is 36.6 Å². The molecular weight excluding hydrogens is 482 g/mol. The summed E-state index contributed by atoms with van der Waals surface area (Å²) in [6.07, 6.45) is 6.47. The second-order valence-corrected chi connectivity index (χ2v) is 11.1. The van der Waals surface area contributed by atoms with Crippen LogP contribution < -0.4 is 4.90 Å². The minimum absolute atomic E-state index is 0.00568. The number of hydrogen-bond acceptors (Lipinski definition) is 5. The lowest BCUT2D eigenvalue weighted by Gasteiger charge is -2.40. The number of ether oxygens (including phenoxy) is 1. The molecule has 3 atom stereocenters. The molecule has 0 spiro atoms. The molecule has 1 fully saturated rings. The maximum Gasteiger partial charge on any atom is 0.329 e. The van der Waals surface area contributed by atoms with E-state index < -0.39 is 34.1 Å². The van der Waals surface area contributed by atoms with Crippen LogP contribution in [0, 0.1) is 5.92 Å². The van der Waals surface area contributed by atoms with Gasteiger partial charge in [-0.3, -0.25) is 0 Å². The number of unbranched alkanes of at least 4 members (excludes halogenated alkanes) is 1. The van der Waals surface area contributed by atoms with Crippen molar-refractivity contribution in [2.45, 2.75) is 51.2 Å². The van der Waals surface area contributed by atoms with E-state index in [1.54, 1.807) is 6.08 Å². The number of fused-ring (bicyclic) bond motifs is 1. The number of benzene rings is 1. The molecule has 0 radical (unpaired) electrons. The van der Waals surface area contributed by atoms with E-state index in [1.807, 2.05) is 50.3 Å². The van der Waals surface area contributed by atoms with Crippen LogP contribution in [0.2, 0.25) is 0 Å². The van der Waals surface area contributed by atoms with E-state index in [4.69, 9.17) is 4.74 Å². The lowest BCUT2D eigenvalue weighted by atomic mass is 9.89. The Hall–Kier alpha value is -1.64. The number of carbonyl (C=O) groups is 1. The van der Waals surface area contributed by atoms with Crippen molar-refractivity contribution in [2.24, 2.45) is 5.92 Å². The van der Waals surface area contributed by atoms with Crippen LogP contribution in [-0.2, 0) is 19.4 Å². The molecule has 6 nitrogen and oxygen atoms in total. The topological polar surface area (TPSA) is 83.9 Å². The maximum atomic E-state index is 13.5. The highest BCUT2D eigenvalue weighted by atomic mass is 79.9. The molecule has 31 heavy (non-hydrogen) atoms. The smallest absolute Gasteiger partial charge is 0.329 e. The van der Waals surface area contributed by atoms with Crippen molar-refractivity contribution in [3.05, 3.63) is 51.9 Å². The third-order valence-corrected chi connectivity index (χ3v) is 8.92. The molecule has 1 aromatic carbocycles. The number of carboxylic acid groups (broad SMARTS) is 1. The number of anilines is 1. The van der Waals surface area contributed by atoms with Crippen LogP contribution in [0.1, 0.15) is 39.5 Å². The van der Waals surface area contributed by atoms with E-state index in [0.717, 1.165) is 24.9 Å². The summed E-state index contributed by atoms with van der Waals surface area (Å²) in [6, 6.07) is 9.34. The molecule has 1 heterocycles. The van der Waals surface area contributed by atoms with E-state index in [1.165, 1.54) is 0 Å². The molecule has 0 aromatic heterocycles. The molecule has 1 saturated heterocycles. The lowest BCUT2D eigenvalue weighted by molar-refractivity contribution is -0.145. The molecule has 8 heteroatoms. The Morgan fingerprint density at radius 2 is 2.00 bits per heavy atom. The van der Waals surface area contributed by atoms with Crippen molar-refractivity contribution in [1.82, 2.24) is 0 Å². The quantitative estimate of drug-likeness (QED) is 0.552. The third-order valence-electron chi connectivity index (χ3n) is 6.00. The van der Waals surface area contributed by atoms with Crippen molar-refractivity contribution in [3.8, 4) is 0 Å². The number of hydrogen-bond donors (Lipinski definition) is 1. The fourth-order valence-electron chi connectivity index (χ4n) is 4.25. The summed E-state index contributed by atoms with van der Waals surface area (Å²) in [4.78, 5) is 13.7. The molecule has 1 aromatic rings. The van der Waals surface area contributed by atoms with Gasteiger partial charge in [-0.1, -0.05) is 67.2 Å². The van der Waals surface area contributed by atoms with Crippen LogP contribution in [0.5, 0.6) is 0 Å². The second kappa shape index (κ2) is 9.88.